The lowest BCUT2D eigenvalue weighted by atomic mass is 10.1. The molecule has 114 valence electrons. The summed E-state index contributed by atoms with van der Waals surface area (Å²) < 4.78 is 0.835. The molecule has 1 atom stereocenters. The number of halogens is 1. The maximum atomic E-state index is 12.4. The second-order valence-electron chi connectivity index (χ2n) is 5.46. The van der Waals surface area contributed by atoms with Crippen LogP contribution in [0.1, 0.15) is 30.4 Å². The molecule has 6 heteroatoms. The van der Waals surface area contributed by atoms with Crippen molar-refractivity contribution in [3.63, 3.8) is 0 Å². The van der Waals surface area contributed by atoms with Crippen LogP contribution in [0, 0.1) is 13.8 Å². The molecule has 21 heavy (non-hydrogen) atoms. The van der Waals surface area contributed by atoms with E-state index in [4.69, 9.17) is 5.11 Å². The van der Waals surface area contributed by atoms with E-state index in [0.717, 1.165) is 34.1 Å². The Morgan fingerprint density at radius 3 is 2.76 bits per heavy atom. The van der Waals surface area contributed by atoms with E-state index in [0.29, 0.717) is 6.54 Å². The number of nitrogens with zero attached hydrogens (tertiary/aromatic N) is 1. The van der Waals surface area contributed by atoms with Crippen molar-refractivity contribution < 1.29 is 14.7 Å². The Morgan fingerprint density at radius 2 is 2.14 bits per heavy atom. The van der Waals surface area contributed by atoms with E-state index >= 15 is 0 Å². The van der Waals surface area contributed by atoms with E-state index in [2.05, 4.69) is 21.2 Å². The summed E-state index contributed by atoms with van der Waals surface area (Å²) in [4.78, 5) is 24.9. The van der Waals surface area contributed by atoms with Gasteiger partial charge >= 0.3 is 12.0 Å². The number of aliphatic carboxylic acids is 1. The molecule has 2 rings (SSSR count). The standard InChI is InChI=1S/C15H19BrN2O3/c1-9-6-10(2)14(12(16)7-9)17-15(21)18-5-3-4-11(18)8-13(19)20/h6-7,11H,3-5,8H2,1-2H3,(H,17,21)(H,19,20). The molecule has 0 aliphatic carbocycles. The first-order chi connectivity index (χ1) is 9.88. The van der Waals surface area contributed by atoms with E-state index in [1.165, 1.54) is 0 Å². The SMILES string of the molecule is Cc1cc(C)c(NC(=O)N2CCCC2CC(=O)O)c(Br)c1. The van der Waals surface area contributed by atoms with Crippen LogP contribution in [0.25, 0.3) is 0 Å². The minimum Gasteiger partial charge on any atom is -0.481 e. The number of carbonyl (C=O) groups excluding carboxylic acids is 1. The summed E-state index contributed by atoms with van der Waals surface area (Å²) in [5, 5.41) is 11.8. The number of carboxylic acid groups (broad SMARTS) is 1. The number of carboxylic acids is 1. The van der Waals surface area contributed by atoms with Gasteiger partial charge < -0.3 is 15.3 Å². The highest BCUT2D eigenvalue weighted by Gasteiger charge is 2.30. The first kappa shape index (κ1) is 15.8. The number of likely N-dealkylation sites (tertiary alicyclic amines) is 1. The van der Waals surface area contributed by atoms with Gasteiger partial charge in [0.2, 0.25) is 0 Å². The van der Waals surface area contributed by atoms with Crippen molar-refractivity contribution in [2.45, 2.75) is 39.2 Å². The molecule has 1 unspecified atom stereocenters. The number of hydrogen-bond acceptors (Lipinski definition) is 2. The van der Waals surface area contributed by atoms with Crippen LogP contribution in [0.15, 0.2) is 16.6 Å². The van der Waals surface area contributed by atoms with Gasteiger partial charge in [-0.05, 0) is 59.8 Å². The molecule has 1 heterocycles. The van der Waals surface area contributed by atoms with E-state index in [-0.39, 0.29) is 18.5 Å². The summed E-state index contributed by atoms with van der Waals surface area (Å²) in [7, 11) is 0. The van der Waals surface area contributed by atoms with Crippen molar-refractivity contribution in [2.24, 2.45) is 0 Å². The van der Waals surface area contributed by atoms with Gasteiger partial charge in [0, 0.05) is 17.1 Å². The van der Waals surface area contributed by atoms with Crippen LogP contribution in [0.3, 0.4) is 0 Å². The Labute approximate surface area is 132 Å². The number of rotatable bonds is 3. The highest BCUT2D eigenvalue weighted by Crippen LogP contribution is 2.29. The summed E-state index contributed by atoms with van der Waals surface area (Å²) in [6.07, 6.45) is 1.59. The van der Waals surface area contributed by atoms with Crippen LogP contribution in [0.4, 0.5) is 10.5 Å². The lowest BCUT2D eigenvalue weighted by Gasteiger charge is -2.24. The fourth-order valence-corrected chi connectivity index (χ4v) is 3.54. The normalized spacial score (nSPS) is 17.9. The molecule has 0 spiro atoms. The zero-order valence-corrected chi connectivity index (χ0v) is 13.7. The van der Waals surface area contributed by atoms with Gasteiger partial charge in [-0.25, -0.2) is 4.79 Å². The first-order valence-corrected chi connectivity index (χ1v) is 7.74. The van der Waals surface area contributed by atoms with Crippen molar-refractivity contribution in [3.05, 3.63) is 27.7 Å². The van der Waals surface area contributed by atoms with E-state index < -0.39 is 5.97 Å². The number of amides is 2. The Hall–Kier alpha value is -1.56. The highest BCUT2D eigenvalue weighted by molar-refractivity contribution is 9.10. The summed E-state index contributed by atoms with van der Waals surface area (Å²) >= 11 is 3.46. The summed E-state index contributed by atoms with van der Waals surface area (Å²) in [6, 6.07) is 3.50. The number of nitrogens with one attached hydrogen (secondary N) is 1. The quantitative estimate of drug-likeness (QED) is 0.871. The molecule has 0 saturated carbocycles. The van der Waals surface area contributed by atoms with Crippen molar-refractivity contribution in [1.29, 1.82) is 0 Å². The third-order valence-corrected chi connectivity index (χ3v) is 4.34. The maximum Gasteiger partial charge on any atom is 0.322 e. The lowest BCUT2D eigenvalue weighted by Crippen LogP contribution is -2.39. The van der Waals surface area contributed by atoms with Crippen molar-refractivity contribution in [3.8, 4) is 0 Å². The van der Waals surface area contributed by atoms with Gasteiger partial charge in [0.15, 0.2) is 0 Å². The highest BCUT2D eigenvalue weighted by atomic mass is 79.9. The van der Waals surface area contributed by atoms with Gasteiger partial charge in [-0.2, -0.15) is 0 Å². The summed E-state index contributed by atoms with van der Waals surface area (Å²) in [6.45, 7) is 4.53. The molecule has 1 aromatic carbocycles. The van der Waals surface area contributed by atoms with Crippen molar-refractivity contribution in [1.82, 2.24) is 4.90 Å². The second kappa shape index (κ2) is 6.47. The molecule has 5 nitrogen and oxygen atoms in total. The van der Waals surface area contributed by atoms with Gasteiger partial charge in [0.25, 0.3) is 0 Å². The molecular formula is C15H19BrN2O3. The van der Waals surface area contributed by atoms with Crippen LogP contribution in [0.2, 0.25) is 0 Å². The van der Waals surface area contributed by atoms with E-state index in [1.807, 2.05) is 26.0 Å². The average Bonchev–Trinajstić information content (AvgIpc) is 2.80. The molecule has 0 bridgehead atoms. The minimum atomic E-state index is -0.868. The predicted molar refractivity (Wildman–Crippen MR) is 84.6 cm³/mol. The fourth-order valence-electron chi connectivity index (χ4n) is 2.77. The topological polar surface area (TPSA) is 69.6 Å². The van der Waals surface area contributed by atoms with Crippen LogP contribution < -0.4 is 5.32 Å². The summed E-state index contributed by atoms with van der Waals surface area (Å²) in [5.74, 6) is -0.868. The molecule has 1 saturated heterocycles. The predicted octanol–water partition coefficient (Wildman–Crippen LogP) is 3.54. The van der Waals surface area contributed by atoms with Crippen LogP contribution in [-0.4, -0.2) is 34.6 Å². The number of hydrogen-bond donors (Lipinski definition) is 2. The van der Waals surface area contributed by atoms with E-state index in [1.54, 1.807) is 4.90 Å². The van der Waals surface area contributed by atoms with Gasteiger partial charge in [0.1, 0.15) is 0 Å². The zero-order chi connectivity index (χ0) is 15.6. The number of anilines is 1. The van der Waals surface area contributed by atoms with E-state index in [9.17, 15) is 9.59 Å². The van der Waals surface area contributed by atoms with Crippen LogP contribution in [-0.2, 0) is 4.79 Å². The number of carbonyl (C=O) groups is 2. The summed E-state index contributed by atoms with van der Waals surface area (Å²) in [5.41, 5.74) is 2.83. The second-order valence-corrected chi connectivity index (χ2v) is 6.31. The molecular weight excluding hydrogens is 336 g/mol. The smallest absolute Gasteiger partial charge is 0.322 e. The first-order valence-electron chi connectivity index (χ1n) is 6.94. The molecule has 1 fully saturated rings. The monoisotopic (exact) mass is 354 g/mol. The van der Waals surface area contributed by atoms with Gasteiger partial charge in [-0.15, -0.1) is 0 Å². The van der Waals surface area contributed by atoms with Gasteiger partial charge in [-0.3, -0.25) is 4.79 Å². The third kappa shape index (κ3) is 3.75. The number of benzene rings is 1. The van der Waals surface area contributed by atoms with Crippen molar-refractivity contribution >= 4 is 33.6 Å². The van der Waals surface area contributed by atoms with Crippen molar-refractivity contribution in [2.75, 3.05) is 11.9 Å². The molecule has 2 N–H and O–H groups in total. The molecule has 0 aromatic heterocycles. The van der Waals surface area contributed by atoms with Gasteiger partial charge in [-0.1, -0.05) is 6.07 Å². The molecule has 1 aromatic rings. The molecule has 1 aliphatic heterocycles. The van der Waals surface area contributed by atoms with Gasteiger partial charge in [0.05, 0.1) is 12.1 Å². The maximum absolute atomic E-state index is 12.4. The number of aryl methyl sites for hydroxylation is 2. The minimum absolute atomic E-state index is 0.00146. The Morgan fingerprint density at radius 1 is 1.43 bits per heavy atom. The fraction of sp³-hybridized carbons (Fsp3) is 0.467. The molecule has 2 amide bonds. The third-order valence-electron chi connectivity index (χ3n) is 3.71. The zero-order valence-electron chi connectivity index (χ0n) is 12.1. The Bertz CT molecular complexity index is 551. The Kier molecular flexibility index (Phi) is 4.88. The van der Waals surface area contributed by atoms with Crippen LogP contribution >= 0.6 is 15.9 Å². The molecule has 0 radical (unpaired) electrons. The molecule has 1 aliphatic rings. The Balaban J connectivity index is 2.13. The average molecular weight is 355 g/mol. The number of urea groups is 1. The van der Waals surface area contributed by atoms with Crippen LogP contribution in [0.5, 0.6) is 0 Å². The largest absolute Gasteiger partial charge is 0.481 e. The lowest BCUT2D eigenvalue weighted by molar-refractivity contribution is -0.137.